The molecule has 0 heterocycles. The van der Waals surface area contributed by atoms with Gasteiger partial charge in [0.25, 0.3) is 10.0 Å². The van der Waals surface area contributed by atoms with E-state index in [2.05, 4.69) is 18.7 Å². The van der Waals surface area contributed by atoms with Gasteiger partial charge in [-0.2, -0.15) is 0 Å². The Bertz CT molecular complexity index is 1060. The fourth-order valence-corrected chi connectivity index (χ4v) is 4.79. The molecule has 0 unspecified atom stereocenters. The first kappa shape index (κ1) is 21.7. The van der Waals surface area contributed by atoms with Crippen LogP contribution in [-0.4, -0.2) is 26.6 Å². The van der Waals surface area contributed by atoms with E-state index in [0.29, 0.717) is 5.69 Å². The van der Waals surface area contributed by atoms with E-state index in [1.165, 1.54) is 28.6 Å². The van der Waals surface area contributed by atoms with Crippen molar-refractivity contribution in [3.8, 4) is 5.75 Å². The third-order valence-electron chi connectivity index (χ3n) is 5.14. The van der Waals surface area contributed by atoms with Gasteiger partial charge < -0.3 is 10.0 Å². The van der Waals surface area contributed by atoms with Crippen LogP contribution in [0.2, 0.25) is 0 Å². The van der Waals surface area contributed by atoms with E-state index in [1.807, 2.05) is 55.5 Å². The van der Waals surface area contributed by atoms with E-state index in [1.54, 1.807) is 0 Å². The van der Waals surface area contributed by atoms with E-state index < -0.39 is 10.0 Å². The van der Waals surface area contributed by atoms with Crippen LogP contribution in [0.1, 0.15) is 25.0 Å². The minimum Gasteiger partial charge on any atom is -0.508 e. The van der Waals surface area contributed by atoms with Crippen LogP contribution >= 0.6 is 0 Å². The van der Waals surface area contributed by atoms with E-state index in [9.17, 15) is 13.5 Å². The van der Waals surface area contributed by atoms with Gasteiger partial charge in [0.15, 0.2) is 0 Å². The summed E-state index contributed by atoms with van der Waals surface area (Å²) in [6.45, 7) is 8.24. The Morgan fingerprint density at radius 1 is 0.767 bits per heavy atom. The standard InChI is InChI=1S/C24H28N2O3S/c1-4-25(5-2)21-12-8-20(9-13-21)18-26(22-10-6-19(3)7-11-22)30(28,29)24-16-14-23(27)15-17-24/h6-17,27H,4-5,18H2,1-3H3. The fraction of sp³-hybridized carbons (Fsp3) is 0.250. The van der Waals surface area contributed by atoms with E-state index in [-0.39, 0.29) is 17.2 Å². The van der Waals surface area contributed by atoms with Gasteiger partial charge in [-0.05, 0) is 74.9 Å². The topological polar surface area (TPSA) is 60.9 Å². The number of hydrogen-bond acceptors (Lipinski definition) is 4. The molecule has 3 aromatic rings. The SMILES string of the molecule is CCN(CC)c1ccc(CN(c2ccc(C)cc2)S(=O)(=O)c2ccc(O)cc2)cc1. The Morgan fingerprint density at radius 3 is 1.83 bits per heavy atom. The van der Waals surface area contributed by atoms with Crippen LogP contribution in [0.25, 0.3) is 0 Å². The lowest BCUT2D eigenvalue weighted by atomic mass is 10.1. The Hall–Kier alpha value is -2.99. The lowest BCUT2D eigenvalue weighted by Crippen LogP contribution is -2.30. The number of sulfonamides is 1. The maximum Gasteiger partial charge on any atom is 0.264 e. The predicted octanol–water partition coefficient (Wildman–Crippen LogP) is 4.94. The van der Waals surface area contributed by atoms with Gasteiger partial charge in [-0.25, -0.2) is 8.42 Å². The molecule has 0 atom stereocenters. The van der Waals surface area contributed by atoms with Crippen molar-refractivity contribution < 1.29 is 13.5 Å². The van der Waals surface area contributed by atoms with Crippen LogP contribution in [0, 0.1) is 6.92 Å². The first-order chi connectivity index (χ1) is 14.3. The number of phenols is 1. The summed E-state index contributed by atoms with van der Waals surface area (Å²) in [5.41, 5.74) is 3.67. The van der Waals surface area contributed by atoms with Gasteiger partial charge in [0.1, 0.15) is 5.75 Å². The highest BCUT2D eigenvalue weighted by Crippen LogP contribution is 2.28. The van der Waals surface area contributed by atoms with Gasteiger partial charge in [-0.15, -0.1) is 0 Å². The smallest absolute Gasteiger partial charge is 0.264 e. The molecule has 0 radical (unpaired) electrons. The highest BCUT2D eigenvalue weighted by molar-refractivity contribution is 7.92. The lowest BCUT2D eigenvalue weighted by molar-refractivity contribution is 0.474. The summed E-state index contributed by atoms with van der Waals surface area (Å²) in [7, 11) is -3.81. The van der Waals surface area contributed by atoms with Crippen LogP contribution in [-0.2, 0) is 16.6 Å². The van der Waals surface area contributed by atoms with Crippen molar-refractivity contribution >= 4 is 21.4 Å². The molecule has 3 rings (SSSR count). The molecular weight excluding hydrogens is 396 g/mol. The summed E-state index contributed by atoms with van der Waals surface area (Å²) in [5.74, 6) is 0.0304. The monoisotopic (exact) mass is 424 g/mol. The molecule has 0 aliphatic rings. The Balaban J connectivity index is 1.98. The first-order valence-corrected chi connectivity index (χ1v) is 11.5. The zero-order valence-corrected chi connectivity index (χ0v) is 18.4. The molecular formula is C24H28N2O3S. The van der Waals surface area contributed by atoms with Gasteiger partial charge in [0.2, 0.25) is 0 Å². The second-order valence-corrected chi connectivity index (χ2v) is 9.04. The molecule has 6 heteroatoms. The number of rotatable bonds is 8. The molecule has 5 nitrogen and oxygen atoms in total. The summed E-state index contributed by atoms with van der Waals surface area (Å²) in [5, 5.41) is 9.54. The largest absolute Gasteiger partial charge is 0.508 e. The zero-order chi connectivity index (χ0) is 21.7. The van der Waals surface area contributed by atoms with Crippen LogP contribution in [0.4, 0.5) is 11.4 Å². The lowest BCUT2D eigenvalue weighted by Gasteiger charge is -2.26. The van der Waals surface area contributed by atoms with Crippen molar-refractivity contribution in [3.05, 3.63) is 83.9 Å². The molecule has 1 N–H and O–H groups in total. The Labute approximate surface area is 179 Å². The Morgan fingerprint density at radius 2 is 1.30 bits per heavy atom. The van der Waals surface area contributed by atoms with Crippen molar-refractivity contribution in [1.29, 1.82) is 0 Å². The quantitative estimate of drug-likeness (QED) is 0.556. The maximum absolute atomic E-state index is 13.4. The van der Waals surface area contributed by atoms with Crippen LogP contribution in [0.5, 0.6) is 5.75 Å². The molecule has 3 aromatic carbocycles. The van der Waals surface area contributed by atoms with Crippen LogP contribution in [0.15, 0.2) is 77.7 Å². The van der Waals surface area contributed by atoms with Crippen molar-refractivity contribution in [2.24, 2.45) is 0 Å². The van der Waals surface area contributed by atoms with Gasteiger partial charge in [0, 0.05) is 18.8 Å². The number of nitrogens with zero attached hydrogens (tertiary/aromatic N) is 2. The zero-order valence-electron chi connectivity index (χ0n) is 17.6. The molecule has 0 bridgehead atoms. The van der Waals surface area contributed by atoms with Gasteiger partial charge >= 0.3 is 0 Å². The molecule has 0 aromatic heterocycles. The maximum atomic E-state index is 13.4. The third-order valence-corrected chi connectivity index (χ3v) is 6.93. The second-order valence-electron chi connectivity index (χ2n) is 7.18. The fourth-order valence-electron chi connectivity index (χ4n) is 3.34. The molecule has 30 heavy (non-hydrogen) atoms. The number of hydrogen-bond donors (Lipinski definition) is 1. The summed E-state index contributed by atoms with van der Waals surface area (Å²) in [6, 6.07) is 21.1. The van der Waals surface area contributed by atoms with E-state index in [4.69, 9.17) is 0 Å². The molecule has 0 fully saturated rings. The second kappa shape index (κ2) is 9.22. The molecule has 0 saturated carbocycles. The van der Waals surface area contributed by atoms with Crippen LogP contribution < -0.4 is 9.21 Å². The number of benzene rings is 3. The molecule has 158 valence electrons. The van der Waals surface area contributed by atoms with Gasteiger partial charge in [0.05, 0.1) is 17.1 Å². The van der Waals surface area contributed by atoms with Crippen molar-refractivity contribution in [2.75, 3.05) is 22.3 Å². The summed E-state index contributed by atoms with van der Waals surface area (Å²) >= 11 is 0. The Kier molecular flexibility index (Phi) is 6.67. The number of phenolic OH excluding ortho intramolecular Hbond substituents is 1. The van der Waals surface area contributed by atoms with Crippen molar-refractivity contribution in [3.63, 3.8) is 0 Å². The highest BCUT2D eigenvalue weighted by Gasteiger charge is 2.25. The average molecular weight is 425 g/mol. The highest BCUT2D eigenvalue weighted by atomic mass is 32.2. The number of aryl methyl sites for hydroxylation is 1. The molecule has 0 saturated heterocycles. The normalized spacial score (nSPS) is 11.3. The minimum absolute atomic E-state index is 0.0304. The number of aromatic hydroxyl groups is 1. The van der Waals surface area contributed by atoms with E-state index in [0.717, 1.165) is 29.9 Å². The molecule has 0 amide bonds. The molecule has 0 spiro atoms. The van der Waals surface area contributed by atoms with E-state index >= 15 is 0 Å². The summed E-state index contributed by atoms with van der Waals surface area (Å²) in [6.07, 6.45) is 0. The molecule has 0 aliphatic heterocycles. The number of anilines is 2. The van der Waals surface area contributed by atoms with Gasteiger partial charge in [-0.1, -0.05) is 29.8 Å². The summed E-state index contributed by atoms with van der Waals surface area (Å²) < 4.78 is 28.3. The third kappa shape index (κ3) is 4.76. The predicted molar refractivity (Wildman–Crippen MR) is 123 cm³/mol. The minimum atomic E-state index is -3.81. The first-order valence-electron chi connectivity index (χ1n) is 10.1. The van der Waals surface area contributed by atoms with Gasteiger partial charge in [-0.3, -0.25) is 4.31 Å². The summed E-state index contributed by atoms with van der Waals surface area (Å²) in [4.78, 5) is 2.38. The van der Waals surface area contributed by atoms with Crippen molar-refractivity contribution in [1.82, 2.24) is 0 Å². The van der Waals surface area contributed by atoms with Crippen LogP contribution in [0.3, 0.4) is 0 Å². The average Bonchev–Trinajstić information content (AvgIpc) is 2.75. The molecule has 0 aliphatic carbocycles. The van der Waals surface area contributed by atoms with Crippen molar-refractivity contribution in [2.45, 2.75) is 32.2 Å².